The lowest BCUT2D eigenvalue weighted by molar-refractivity contribution is 0.0384. The number of aromatic nitrogens is 1. The molecule has 2 heterocycles. The summed E-state index contributed by atoms with van der Waals surface area (Å²) in [4.78, 5) is 8.33. The van der Waals surface area contributed by atoms with Crippen LogP contribution in [-0.4, -0.2) is 56.3 Å². The fraction of sp³-hybridized carbons (Fsp3) is 0.750. The molecule has 1 N–H and O–H groups in total. The van der Waals surface area contributed by atoms with Crippen molar-refractivity contribution in [3.63, 3.8) is 0 Å². The lowest BCUT2D eigenvalue weighted by Crippen LogP contribution is -2.37. The van der Waals surface area contributed by atoms with Crippen molar-refractivity contribution in [2.45, 2.75) is 12.8 Å². The van der Waals surface area contributed by atoms with Gasteiger partial charge in [-0.3, -0.25) is 4.90 Å². The SMILES string of the molecule is CNCCc1cnc(CCN2CCOCC2)s1. The van der Waals surface area contributed by atoms with Gasteiger partial charge in [0.15, 0.2) is 0 Å². The van der Waals surface area contributed by atoms with Crippen LogP contribution < -0.4 is 5.32 Å². The molecule has 1 fully saturated rings. The molecular weight excluding hydrogens is 234 g/mol. The molecule has 0 unspecified atom stereocenters. The molecule has 0 radical (unpaired) electrons. The molecule has 0 aliphatic carbocycles. The van der Waals surface area contributed by atoms with Crippen molar-refractivity contribution in [2.75, 3.05) is 46.4 Å². The molecule has 0 atom stereocenters. The second-order valence-electron chi connectivity index (χ2n) is 4.28. The van der Waals surface area contributed by atoms with Crippen molar-refractivity contribution in [3.8, 4) is 0 Å². The van der Waals surface area contributed by atoms with E-state index >= 15 is 0 Å². The molecule has 0 bridgehead atoms. The molecule has 17 heavy (non-hydrogen) atoms. The van der Waals surface area contributed by atoms with Crippen LogP contribution in [-0.2, 0) is 17.6 Å². The zero-order chi connectivity index (χ0) is 11.9. The molecule has 1 saturated heterocycles. The Morgan fingerprint density at radius 3 is 3.00 bits per heavy atom. The first-order valence-electron chi connectivity index (χ1n) is 6.27. The fourth-order valence-electron chi connectivity index (χ4n) is 1.91. The van der Waals surface area contributed by atoms with Crippen LogP contribution in [0.5, 0.6) is 0 Å². The molecule has 1 aromatic rings. The van der Waals surface area contributed by atoms with Crippen LogP contribution in [0.1, 0.15) is 9.88 Å². The van der Waals surface area contributed by atoms with E-state index in [1.54, 1.807) is 0 Å². The third-order valence-electron chi connectivity index (χ3n) is 2.97. The van der Waals surface area contributed by atoms with Gasteiger partial charge in [0.25, 0.3) is 0 Å². The van der Waals surface area contributed by atoms with E-state index in [-0.39, 0.29) is 0 Å². The zero-order valence-corrected chi connectivity index (χ0v) is 11.3. The van der Waals surface area contributed by atoms with Gasteiger partial charge in [0.05, 0.1) is 18.2 Å². The Hall–Kier alpha value is -0.490. The lowest BCUT2D eigenvalue weighted by Gasteiger charge is -2.25. The normalized spacial score (nSPS) is 17.5. The third kappa shape index (κ3) is 4.35. The van der Waals surface area contributed by atoms with E-state index in [9.17, 15) is 0 Å². The average molecular weight is 255 g/mol. The number of morpholine rings is 1. The molecule has 4 nitrogen and oxygen atoms in total. The highest BCUT2D eigenvalue weighted by Crippen LogP contribution is 2.14. The van der Waals surface area contributed by atoms with Crippen molar-refractivity contribution < 1.29 is 4.74 Å². The van der Waals surface area contributed by atoms with Crippen molar-refractivity contribution in [1.29, 1.82) is 0 Å². The first-order chi connectivity index (χ1) is 8.38. The zero-order valence-electron chi connectivity index (χ0n) is 10.4. The Balaban J connectivity index is 1.72. The number of thiazole rings is 1. The largest absolute Gasteiger partial charge is 0.379 e. The minimum Gasteiger partial charge on any atom is -0.379 e. The molecule has 1 aliphatic rings. The van der Waals surface area contributed by atoms with Gasteiger partial charge in [0, 0.05) is 37.1 Å². The van der Waals surface area contributed by atoms with Gasteiger partial charge in [0.1, 0.15) is 0 Å². The topological polar surface area (TPSA) is 37.4 Å². The summed E-state index contributed by atoms with van der Waals surface area (Å²) in [7, 11) is 1.99. The van der Waals surface area contributed by atoms with Crippen LogP contribution >= 0.6 is 11.3 Å². The van der Waals surface area contributed by atoms with Gasteiger partial charge in [-0.1, -0.05) is 0 Å². The van der Waals surface area contributed by atoms with Gasteiger partial charge < -0.3 is 10.1 Å². The van der Waals surface area contributed by atoms with E-state index in [0.29, 0.717) is 0 Å². The van der Waals surface area contributed by atoms with E-state index < -0.39 is 0 Å². The molecule has 1 aliphatic heterocycles. The molecule has 5 heteroatoms. The van der Waals surface area contributed by atoms with Crippen molar-refractivity contribution in [3.05, 3.63) is 16.1 Å². The minimum absolute atomic E-state index is 0.880. The summed E-state index contributed by atoms with van der Waals surface area (Å²) in [6.07, 6.45) is 4.19. The molecule has 0 saturated carbocycles. The van der Waals surface area contributed by atoms with Crippen LogP contribution in [0.25, 0.3) is 0 Å². The van der Waals surface area contributed by atoms with Crippen molar-refractivity contribution >= 4 is 11.3 Å². The second-order valence-corrected chi connectivity index (χ2v) is 5.48. The first kappa shape index (κ1) is 13.0. The minimum atomic E-state index is 0.880. The summed E-state index contributed by atoms with van der Waals surface area (Å²) >= 11 is 1.85. The first-order valence-corrected chi connectivity index (χ1v) is 7.08. The Morgan fingerprint density at radius 2 is 2.24 bits per heavy atom. The molecule has 0 spiro atoms. The number of nitrogens with one attached hydrogen (secondary N) is 1. The highest BCUT2D eigenvalue weighted by molar-refractivity contribution is 7.11. The van der Waals surface area contributed by atoms with E-state index in [1.165, 1.54) is 9.88 Å². The van der Waals surface area contributed by atoms with Crippen molar-refractivity contribution in [1.82, 2.24) is 15.2 Å². The van der Waals surface area contributed by atoms with Crippen molar-refractivity contribution in [2.24, 2.45) is 0 Å². The van der Waals surface area contributed by atoms with E-state index in [2.05, 4.69) is 15.2 Å². The van der Waals surface area contributed by atoms with Gasteiger partial charge in [-0.15, -0.1) is 11.3 Å². The Kier molecular flexibility index (Phi) is 5.38. The molecule has 0 aromatic carbocycles. The quantitative estimate of drug-likeness (QED) is 0.815. The number of likely N-dealkylation sites (N-methyl/N-ethyl adjacent to an activating group) is 1. The smallest absolute Gasteiger partial charge is 0.0940 e. The summed E-state index contributed by atoms with van der Waals surface area (Å²) < 4.78 is 5.34. The summed E-state index contributed by atoms with van der Waals surface area (Å²) in [6, 6.07) is 0. The molecule has 0 amide bonds. The van der Waals surface area contributed by atoms with Gasteiger partial charge >= 0.3 is 0 Å². The molecule has 2 rings (SSSR count). The van der Waals surface area contributed by atoms with Gasteiger partial charge in [-0.05, 0) is 20.0 Å². The molecular formula is C12H21N3OS. The number of nitrogens with zero attached hydrogens (tertiary/aromatic N) is 2. The summed E-state index contributed by atoms with van der Waals surface area (Å²) in [5.41, 5.74) is 0. The van der Waals surface area contributed by atoms with E-state index in [0.717, 1.165) is 52.2 Å². The van der Waals surface area contributed by atoms with Crippen LogP contribution in [0.2, 0.25) is 0 Å². The molecule has 96 valence electrons. The monoisotopic (exact) mass is 255 g/mol. The van der Waals surface area contributed by atoms with Gasteiger partial charge in [-0.25, -0.2) is 4.98 Å². The lowest BCUT2D eigenvalue weighted by atomic mass is 10.3. The Morgan fingerprint density at radius 1 is 1.41 bits per heavy atom. The summed E-state index contributed by atoms with van der Waals surface area (Å²) in [5, 5.41) is 4.43. The summed E-state index contributed by atoms with van der Waals surface area (Å²) in [6.45, 7) is 6.04. The standard InChI is InChI=1S/C12H21N3OS/c1-13-4-2-11-10-14-12(17-11)3-5-15-6-8-16-9-7-15/h10,13H,2-9H2,1H3. The Labute approximate surface area is 107 Å². The number of hydrogen-bond donors (Lipinski definition) is 1. The van der Waals surface area contributed by atoms with E-state index in [1.807, 2.05) is 24.6 Å². The molecule has 1 aromatic heterocycles. The van der Waals surface area contributed by atoms with Crippen LogP contribution in [0.15, 0.2) is 6.20 Å². The predicted molar refractivity (Wildman–Crippen MR) is 70.7 cm³/mol. The van der Waals surface area contributed by atoms with Crippen LogP contribution in [0.4, 0.5) is 0 Å². The van der Waals surface area contributed by atoms with Crippen LogP contribution in [0, 0.1) is 0 Å². The Bertz CT molecular complexity index is 323. The number of ether oxygens (including phenoxy) is 1. The fourth-order valence-corrected chi connectivity index (χ4v) is 2.82. The van der Waals surface area contributed by atoms with E-state index in [4.69, 9.17) is 4.74 Å². The number of rotatable bonds is 6. The highest BCUT2D eigenvalue weighted by Gasteiger charge is 2.11. The number of hydrogen-bond acceptors (Lipinski definition) is 5. The average Bonchev–Trinajstić information content (AvgIpc) is 2.83. The third-order valence-corrected chi connectivity index (χ3v) is 4.09. The maximum atomic E-state index is 5.34. The predicted octanol–water partition coefficient (Wildman–Crippen LogP) is 0.780. The maximum Gasteiger partial charge on any atom is 0.0940 e. The second kappa shape index (κ2) is 7.06. The maximum absolute atomic E-state index is 5.34. The highest BCUT2D eigenvalue weighted by atomic mass is 32.1. The van der Waals surface area contributed by atoms with Crippen LogP contribution in [0.3, 0.4) is 0 Å². The van der Waals surface area contributed by atoms with Gasteiger partial charge in [-0.2, -0.15) is 0 Å². The summed E-state index contributed by atoms with van der Waals surface area (Å²) in [5.74, 6) is 0. The van der Waals surface area contributed by atoms with Gasteiger partial charge in [0.2, 0.25) is 0 Å².